The SMILES string of the molecule is C=CCn1c(SCC(=O)[C@H](C#N)c2nc(C)cs2)nnc1-c1cccnc1. The molecule has 0 fully saturated rings. The van der Waals surface area contributed by atoms with Gasteiger partial charge in [-0.25, -0.2) is 4.98 Å². The van der Waals surface area contributed by atoms with Crippen molar-refractivity contribution in [3.63, 3.8) is 0 Å². The van der Waals surface area contributed by atoms with E-state index in [1.807, 2.05) is 29.0 Å². The standard InChI is InChI=1S/C18H16N6OS2/c1-3-7-24-16(13-5-4-6-20-9-13)22-23-18(24)27-11-15(25)14(8-19)17-21-12(2)10-26-17/h3-6,9-10,14H,1,7,11H2,2H3/t14-/m0/s1. The third kappa shape index (κ3) is 4.30. The van der Waals surface area contributed by atoms with Crippen molar-refractivity contribution in [2.24, 2.45) is 0 Å². The van der Waals surface area contributed by atoms with E-state index in [2.05, 4.69) is 32.8 Å². The van der Waals surface area contributed by atoms with Gasteiger partial charge in [0.2, 0.25) is 0 Å². The van der Waals surface area contributed by atoms with E-state index >= 15 is 0 Å². The number of allylic oxidation sites excluding steroid dienone is 1. The van der Waals surface area contributed by atoms with Gasteiger partial charge in [0.05, 0.1) is 11.8 Å². The quantitative estimate of drug-likeness (QED) is 0.426. The van der Waals surface area contributed by atoms with Crippen molar-refractivity contribution in [3.8, 4) is 17.5 Å². The van der Waals surface area contributed by atoms with Crippen LogP contribution in [0.1, 0.15) is 16.6 Å². The second-order valence-corrected chi connectivity index (χ2v) is 7.42. The molecule has 3 aromatic rings. The van der Waals surface area contributed by atoms with Gasteiger partial charge >= 0.3 is 0 Å². The number of rotatable bonds is 8. The number of hydrogen-bond acceptors (Lipinski definition) is 8. The van der Waals surface area contributed by atoms with Crippen LogP contribution in [-0.2, 0) is 11.3 Å². The van der Waals surface area contributed by atoms with E-state index in [1.165, 1.54) is 23.1 Å². The lowest BCUT2D eigenvalue weighted by Crippen LogP contribution is -2.14. The smallest absolute Gasteiger partial charge is 0.192 e. The van der Waals surface area contributed by atoms with Gasteiger partial charge in [0.25, 0.3) is 0 Å². The number of carbonyl (C=O) groups is 1. The molecule has 0 aliphatic carbocycles. The molecule has 0 saturated carbocycles. The molecule has 9 heteroatoms. The lowest BCUT2D eigenvalue weighted by Gasteiger charge is -2.08. The molecule has 3 aromatic heterocycles. The number of aromatic nitrogens is 5. The number of ketones is 1. The fourth-order valence-electron chi connectivity index (χ4n) is 2.39. The first kappa shape index (κ1) is 18.9. The van der Waals surface area contributed by atoms with Crippen LogP contribution in [0.15, 0.2) is 47.7 Å². The minimum absolute atomic E-state index is 0.110. The van der Waals surface area contributed by atoms with Crippen LogP contribution in [0, 0.1) is 18.3 Å². The molecule has 0 aliphatic heterocycles. The summed E-state index contributed by atoms with van der Waals surface area (Å²) in [5.41, 5.74) is 1.64. The minimum atomic E-state index is -0.857. The molecule has 0 saturated heterocycles. The van der Waals surface area contributed by atoms with Gasteiger partial charge in [-0.15, -0.1) is 28.1 Å². The van der Waals surface area contributed by atoms with Gasteiger partial charge < -0.3 is 0 Å². The second-order valence-electron chi connectivity index (χ2n) is 5.59. The number of carbonyl (C=O) groups excluding carboxylic acids is 1. The minimum Gasteiger partial charge on any atom is -0.298 e. The fraction of sp³-hybridized carbons (Fsp3) is 0.222. The first-order valence-electron chi connectivity index (χ1n) is 8.05. The molecule has 3 heterocycles. The summed E-state index contributed by atoms with van der Waals surface area (Å²) in [6.45, 7) is 6.11. The van der Waals surface area contributed by atoms with E-state index in [0.29, 0.717) is 22.5 Å². The highest BCUT2D eigenvalue weighted by Crippen LogP contribution is 2.26. The summed E-state index contributed by atoms with van der Waals surface area (Å²) < 4.78 is 1.87. The Labute approximate surface area is 164 Å². The van der Waals surface area contributed by atoms with Crippen LogP contribution in [0.2, 0.25) is 0 Å². The molecule has 0 radical (unpaired) electrons. The van der Waals surface area contributed by atoms with E-state index in [9.17, 15) is 10.1 Å². The van der Waals surface area contributed by atoms with Gasteiger partial charge in [-0.05, 0) is 19.1 Å². The number of pyridine rings is 1. The number of thioether (sulfide) groups is 1. The van der Waals surface area contributed by atoms with E-state index in [-0.39, 0.29) is 11.5 Å². The zero-order valence-electron chi connectivity index (χ0n) is 14.6. The van der Waals surface area contributed by atoms with Crippen molar-refractivity contribution in [1.82, 2.24) is 24.7 Å². The number of nitrogens with zero attached hydrogens (tertiary/aromatic N) is 6. The topological polar surface area (TPSA) is 97.3 Å². The Morgan fingerprint density at radius 1 is 1.52 bits per heavy atom. The van der Waals surface area contributed by atoms with Crippen LogP contribution in [-0.4, -0.2) is 36.3 Å². The average Bonchev–Trinajstić information content (AvgIpc) is 3.28. The normalized spacial score (nSPS) is 11.7. The highest BCUT2D eigenvalue weighted by molar-refractivity contribution is 7.99. The van der Waals surface area contributed by atoms with Gasteiger partial charge in [0.15, 0.2) is 22.7 Å². The highest BCUT2D eigenvalue weighted by atomic mass is 32.2. The van der Waals surface area contributed by atoms with Crippen molar-refractivity contribution in [3.05, 3.63) is 53.3 Å². The Balaban J connectivity index is 1.77. The maximum absolute atomic E-state index is 12.5. The summed E-state index contributed by atoms with van der Waals surface area (Å²) >= 11 is 2.58. The third-order valence-corrected chi connectivity index (χ3v) is 5.64. The Bertz CT molecular complexity index is 989. The van der Waals surface area contributed by atoms with Crippen LogP contribution < -0.4 is 0 Å². The van der Waals surface area contributed by atoms with Crippen molar-refractivity contribution < 1.29 is 4.79 Å². The largest absolute Gasteiger partial charge is 0.298 e. The summed E-state index contributed by atoms with van der Waals surface area (Å²) in [5.74, 6) is -0.290. The molecule has 0 bridgehead atoms. The molecular formula is C18H16N6OS2. The average molecular weight is 397 g/mol. The van der Waals surface area contributed by atoms with Gasteiger partial charge in [0.1, 0.15) is 5.01 Å². The predicted octanol–water partition coefficient (Wildman–Crippen LogP) is 3.26. The summed E-state index contributed by atoms with van der Waals surface area (Å²) in [6.07, 6.45) is 5.14. The molecular weight excluding hydrogens is 380 g/mol. The van der Waals surface area contributed by atoms with Crippen LogP contribution in [0.25, 0.3) is 11.4 Å². The predicted molar refractivity (Wildman–Crippen MR) is 104 cm³/mol. The first-order chi connectivity index (χ1) is 13.1. The number of Topliss-reactive ketones (excluding diaryl/α,β-unsaturated/α-hetero) is 1. The second kappa shape index (κ2) is 8.70. The summed E-state index contributed by atoms with van der Waals surface area (Å²) in [7, 11) is 0. The molecule has 0 unspecified atom stereocenters. The van der Waals surface area contributed by atoms with Crippen LogP contribution >= 0.6 is 23.1 Å². The van der Waals surface area contributed by atoms with Gasteiger partial charge in [-0.3, -0.25) is 14.3 Å². The van der Waals surface area contributed by atoms with Crippen molar-refractivity contribution in [1.29, 1.82) is 5.26 Å². The zero-order chi connectivity index (χ0) is 19.2. The van der Waals surface area contributed by atoms with E-state index in [0.717, 1.165) is 11.3 Å². The summed E-state index contributed by atoms with van der Waals surface area (Å²) in [6, 6.07) is 5.78. The first-order valence-corrected chi connectivity index (χ1v) is 9.92. The molecule has 0 amide bonds. The highest BCUT2D eigenvalue weighted by Gasteiger charge is 2.24. The molecule has 7 nitrogen and oxygen atoms in total. The Morgan fingerprint density at radius 3 is 3.00 bits per heavy atom. The number of nitriles is 1. The Hall–Kier alpha value is -2.83. The van der Waals surface area contributed by atoms with Gasteiger partial charge in [-0.2, -0.15) is 5.26 Å². The molecule has 1 atom stereocenters. The van der Waals surface area contributed by atoms with Crippen molar-refractivity contribution >= 4 is 28.9 Å². The molecule has 0 aliphatic rings. The van der Waals surface area contributed by atoms with Crippen LogP contribution in [0.3, 0.4) is 0 Å². The molecule has 136 valence electrons. The summed E-state index contributed by atoms with van der Waals surface area (Å²) in [4.78, 5) is 20.9. The lowest BCUT2D eigenvalue weighted by atomic mass is 10.1. The molecule has 0 spiro atoms. The van der Waals surface area contributed by atoms with E-state index in [1.54, 1.807) is 18.5 Å². The molecule has 0 aromatic carbocycles. The van der Waals surface area contributed by atoms with Crippen molar-refractivity contribution in [2.75, 3.05) is 5.75 Å². The maximum Gasteiger partial charge on any atom is 0.192 e. The molecule has 0 N–H and O–H groups in total. The van der Waals surface area contributed by atoms with Crippen molar-refractivity contribution in [2.45, 2.75) is 24.5 Å². The molecule has 27 heavy (non-hydrogen) atoms. The number of aryl methyl sites for hydroxylation is 1. The lowest BCUT2D eigenvalue weighted by molar-refractivity contribution is -0.116. The van der Waals surface area contributed by atoms with Crippen LogP contribution in [0.4, 0.5) is 0 Å². The Morgan fingerprint density at radius 2 is 2.37 bits per heavy atom. The monoisotopic (exact) mass is 396 g/mol. The van der Waals surface area contributed by atoms with Crippen LogP contribution in [0.5, 0.6) is 0 Å². The fourth-order valence-corrected chi connectivity index (χ4v) is 4.10. The molecule has 3 rings (SSSR count). The Kier molecular flexibility index (Phi) is 6.11. The summed E-state index contributed by atoms with van der Waals surface area (Å²) in [5, 5.41) is 20.8. The van der Waals surface area contributed by atoms with Gasteiger partial charge in [0, 0.05) is 35.6 Å². The number of hydrogen-bond donors (Lipinski definition) is 0. The van der Waals surface area contributed by atoms with Gasteiger partial charge in [-0.1, -0.05) is 17.8 Å². The van der Waals surface area contributed by atoms with E-state index < -0.39 is 5.92 Å². The third-order valence-electron chi connectivity index (χ3n) is 3.63. The van der Waals surface area contributed by atoms with E-state index in [4.69, 9.17) is 0 Å². The number of thiazole rings is 1. The maximum atomic E-state index is 12.5. The zero-order valence-corrected chi connectivity index (χ0v) is 16.2.